The van der Waals surface area contributed by atoms with Crippen LogP contribution in [0.4, 0.5) is 0 Å². The van der Waals surface area contributed by atoms with E-state index in [0.717, 1.165) is 6.92 Å². The minimum atomic E-state index is -2.00. The number of aliphatic hydroxyl groups is 12. The molecule has 4 heterocycles. The van der Waals surface area contributed by atoms with Gasteiger partial charge in [-0.05, 0) is 6.92 Å². The van der Waals surface area contributed by atoms with E-state index in [9.17, 15) is 66.1 Å². The van der Waals surface area contributed by atoms with Crippen molar-refractivity contribution in [1.29, 1.82) is 0 Å². The Kier molecular flexibility index (Phi) is 13.8. The van der Waals surface area contributed by atoms with Gasteiger partial charge in [0.2, 0.25) is 5.91 Å². The first-order chi connectivity index (χ1) is 22.7. The van der Waals surface area contributed by atoms with Crippen LogP contribution in [-0.2, 0) is 38.0 Å². The Bertz CT molecular complexity index is 1030. The Morgan fingerprint density at radius 3 is 1.50 bits per heavy atom. The van der Waals surface area contributed by atoms with Crippen molar-refractivity contribution < 1.29 is 99.2 Å². The van der Waals surface area contributed by atoms with Crippen LogP contribution in [0.1, 0.15) is 13.8 Å². The fourth-order valence-electron chi connectivity index (χ4n) is 6.15. The first kappa shape index (κ1) is 39.5. The summed E-state index contributed by atoms with van der Waals surface area (Å²) in [5.74, 6) is -0.682. The van der Waals surface area contributed by atoms with Gasteiger partial charge in [-0.1, -0.05) is 0 Å². The van der Waals surface area contributed by atoms with Crippen molar-refractivity contribution in [3.63, 3.8) is 0 Å². The summed E-state index contributed by atoms with van der Waals surface area (Å²) >= 11 is 0. The molecule has 0 aromatic heterocycles. The minimum absolute atomic E-state index is 0.658. The van der Waals surface area contributed by atoms with Crippen LogP contribution in [-0.4, -0.2) is 216 Å². The number of amides is 1. The number of nitrogens with one attached hydrogen (secondary N) is 1. The molecule has 8 unspecified atom stereocenters. The Hall–Kier alpha value is -1.29. The molecular formula is C27H47NO20. The molecule has 4 rings (SSSR count). The maximum atomic E-state index is 11.8. The molecule has 21 heteroatoms. The number of ether oxygens (including phenoxy) is 7. The van der Waals surface area contributed by atoms with Crippen molar-refractivity contribution in [2.24, 2.45) is 0 Å². The van der Waals surface area contributed by atoms with Crippen LogP contribution >= 0.6 is 0 Å². The molecule has 0 spiro atoms. The fourth-order valence-corrected chi connectivity index (χ4v) is 6.15. The number of hydrogen-bond acceptors (Lipinski definition) is 20. The van der Waals surface area contributed by atoms with Crippen LogP contribution < -0.4 is 5.32 Å². The Morgan fingerprint density at radius 1 is 0.521 bits per heavy atom. The van der Waals surface area contributed by atoms with E-state index < -0.39 is 155 Å². The summed E-state index contributed by atoms with van der Waals surface area (Å²) in [6.07, 6.45) is -31.0. The lowest BCUT2D eigenvalue weighted by Gasteiger charge is -2.49. The zero-order chi connectivity index (χ0) is 35.6. The molecule has 0 radical (unpaired) electrons. The lowest BCUT2D eigenvalue weighted by Crippen LogP contribution is -2.68. The number of aliphatic hydroxyl groups excluding tert-OH is 12. The summed E-state index contributed by atoms with van der Waals surface area (Å²) in [5, 5.41) is 127. The van der Waals surface area contributed by atoms with Crippen LogP contribution in [0.5, 0.6) is 0 Å². The Labute approximate surface area is 273 Å². The number of hydrogen-bond donors (Lipinski definition) is 13. The topological polar surface area (TPSA) is 336 Å². The Balaban J connectivity index is 1.51. The van der Waals surface area contributed by atoms with Crippen molar-refractivity contribution in [2.45, 2.75) is 136 Å². The smallest absolute Gasteiger partial charge is 0.217 e. The third-order valence-corrected chi connectivity index (χ3v) is 8.87. The summed E-state index contributed by atoms with van der Waals surface area (Å²) in [6, 6.07) is -1.48. The number of rotatable bonds is 11. The van der Waals surface area contributed by atoms with Gasteiger partial charge in [0, 0.05) is 6.92 Å². The van der Waals surface area contributed by atoms with E-state index in [4.69, 9.17) is 33.2 Å². The van der Waals surface area contributed by atoms with Gasteiger partial charge in [-0.3, -0.25) is 4.79 Å². The third-order valence-electron chi connectivity index (χ3n) is 8.87. The van der Waals surface area contributed by atoms with Gasteiger partial charge in [-0.2, -0.15) is 0 Å². The van der Waals surface area contributed by atoms with E-state index in [1.807, 2.05) is 0 Å². The van der Waals surface area contributed by atoms with E-state index >= 15 is 0 Å². The van der Waals surface area contributed by atoms with Gasteiger partial charge in [0.1, 0.15) is 97.6 Å². The number of carbonyl (C=O) groups excluding carboxylic acids is 1. The van der Waals surface area contributed by atoms with Crippen molar-refractivity contribution in [1.82, 2.24) is 5.32 Å². The average Bonchev–Trinajstić information content (AvgIpc) is 3.06. The molecule has 0 aliphatic carbocycles. The first-order valence-corrected chi connectivity index (χ1v) is 15.4. The number of carbonyl (C=O) groups is 1. The summed E-state index contributed by atoms with van der Waals surface area (Å²) in [6.45, 7) is -0.661. The zero-order valence-corrected chi connectivity index (χ0v) is 26.0. The SMILES string of the molecule is CC(=O)NC1[C@H](O[C@@H]2C(O)[C@@H](O[C@H]3C(CO)O[C@@H](O[C@@H]4C(CO)O[C@@H](C)C(O)[C@H]4O)C(O)[C@H]3O)OC(CO)[C@@H]2O)OC(CO)[C@H](O)[C@@H]1O. The maximum absolute atomic E-state index is 11.8. The summed E-state index contributed by atoms with van der Waals surface area (Å²) in [7, 11) is 0. The second kappa shape index (κ2) is 16.8. The largest absolute Gasteiger partial charge is 0.394 e. The van der Waals surface area contributed by atoms with Crippen LogP contribution in [0, 0.1) is 0 Å². The zero-order valence-electron chi connectivity index (χ0n) is 26.0. The first-order valence-electron chi connectivity index (χ1n) is 15.4. The third kappa shape index (κ3) is 8.10. The highest BCUT2D eigenvalue weighted by Gasteiger charge is 2.55. The molecule has 0 saturated carbocycles. The van der Waals surface area contributed by atoms with Gasteiger partial charge < -0.3 is 99.8 Å². The van der Waals surface area contributed by atoms with E-state index in [2.05, 4.69) is 5.32 Å². The van der Waals surface area contributed by atoms with Crippen molar-refractivity contribution in [3.8, 4) is 0 Å². The van der Waals surface area contributed by atoms with Crippen molar-refractivity contribution >= 4 is 5.91 Å². The van der Waals surface area contributed by atoms with Crippen molar-refractivity contribution in [3.05, 3.63) is 0 Å². The highest BCUT2D eigenvalue weighted by Crippen LogP contribution is 2.34. The summed E-state index contributed by atoms with van der Waals surface area (Å²) < 4.78 is 39.1. The van der Waals surface area contributed by atoms with Crippen LogP contribution in [0.15, 0.2) is 0 Å². The van der Waals surface area contributed by atoms with Gasteiger partial charge in [0.15, 0.2) is 18.9 Å². The molecule has 4 aliphatic rings. The molecular weight excluding hydrogens is 658 g/mol. The highest BCUT2D eigenvalue weighted by molar-refractivity contribution is 5.73. The van der Waals surface area contributed by atoms with Crippen molar-refractivity contribution in [2.75, 3.05) is 26.4 Å². The van der Waals surface area contributed by atoms with Gasteiger partial charge in [0.05, 0.1) is 32.5 Å². The second-order valence-electron chi connectivity index (χ2n) is 12.2. The minimum Gasteiger partial charge on any atom is -0.394 e. The summed E-state index contributed by atoms with van der Waals surface area (Å²) in [4.78, 5) is 11.8. The van der Waals surface area contributed by atoms with Gasteiger partial charge in [0.25, 0.3) is 0 Å². The molecule has 1 amide bonds. The highest BCUT2D eigenvalue weighted by atomic mass is 16.8. The summed E-state index contributed by atoms with van der Waals surface area (Å²) in [5.41, 5.74) is 0. The molecule has 21 nitrogen and oxygen atoms in total. The quantitative estimate of drug-likeness (QED) is 0.0949. The Morgan fingerprint density at radius 2 is 0.958 bits per heavy atom. The van der Waals surface area contributed by atoms with Crippen LogP contribution in [0.2, 0.25) is 0 Å². The van der Waals surface area contributed by atoms with Gasteiger partial charge in [-0.15, -0.1) is 0 Å². The van der Waals surface area contributed by atoms with E-state index in [1.165, 1.54) is 6.92 Å². The molecule has 20 atom stereocenters. The van der Waals surface area contributed by atoms with Crippen LogP contribution in [0.3, 0.4) is 0 Å². The molecule has 0 bridgehead atoms. The molecule has 4 aliphatic heterocycles. The molecule has 280 valence electrons. The molecule has 4 saturated heterocycles. The lowest BCUT2D eigenvalue weighted by atomic mass is 9.94. The molecule has 4 fully saturated rings. The fraction of sp³-hybridized carbons (Fsp3) is 0.963. The normalized spacial score (nSPS) is 50.2. The molecule has 0 aromatic rings. The molecule has 48 heavy (non-hydrogen) atoms. The lowest BCUT2D eigenvalue weighted by molar-refractivity contribution is -0.382. The maximum Gasteiger partial charge on any atom is 0.217 e. The molecule has 13 N–H and O–H groups in total. The standard InChI is InChI=1S/C27H47NO20/c1-7-14(34)18(38)22(11(5-31)42-7)46-26-20(40)19(39)23(12(6-32)45-26)47-27-21(41)24(16(36)10(4-30)44-27)48-25-13(28-8(2)33)17(37)15(35)9(3-29)43-25/h7,9-27,29-32,34-41H,3-6H2,1-2H3,(H,28,33)/t7-,9?,10?,11?,12?,13?,14?,15-,16-,17+,18+,19+,20?,21?,22+,23-,24-,25-,26-,27+/m0/s1. The predicted octanol–water partition coefficient (Wildman–Crippen LogP) is -8.53. The van der Waals surface area contributed by atoms with Gasteiger partial charge >= 0.3 is 0 Å². The second-order valence-corrected chi connectivity index (χ2v) is 12.2. The monoisotopic (exact) mass is 705 g/mol. The predicted molar refractivity (Wildman–Crippen MR) is 149 cm³/mol. The van der Waals surface area contributed by atoms with E-state index in [1.54, 1.807) is 0 Å². The van der Waals surface area contributed by atoms with Gasteiger partial charge in [-0.25, -0.2) is 0 Å². The van der Waals surface area contributed by atoms with Crippen LogP contribution in [0.25, 0.3) is 0 Å². The van der Waals surface area contributed by atoms with E-state index in [-0.39, 0.29) is 0 Å². The molecule has 0 aromatic carbocycles. The van der Waals surface area contributed by atoms with E-state index in [0.29, 0.717) is 0 Å². The average molecular weight is 706 g/mol.